The van der Waals surface area contributed by atoms with E-state index in [0.717, 1.165) is 41.5 Å². The van der Waals surface area contributed by atoms with E-state index in [2.05, 4.69) is 31.2 Å². The monoisotopic (exact) mass is 465 g/mol. The molecule has 0 unspecified atom stereocenters. The molecule has 1 aliphatic heterocycles. The first-order valence-corrected chi connectivity index (χ1v) is 12.4. The molecule has 3 aliphatic carbocycles. The summed E-state index contributed by atoms with van der Waals surface area (Å²) in [5.74, 6) is -1.79. The number of hydrogen-bond acceptors (Lipinski definition) is 4. The molecular formula is C30H27NO4. The summed E-state index contributed by atoms with van der Waals surface area (Å²) in [4.78, 5) is 41.3. The average Bonchev–Trinajstić information content (AvgIpc) is 3.17. The highest BCUT2D eigenvalue weighted by Gasteiger charge is 2.61. The van der Waals surface area contributed by atoms with Crippen LogP contribution in [0.15, 0.2) is 72.8 Å². The summed E-state index contributed by atoms with van der Waals surface area (Å²) in [6, 6.07) is 23.1. The van der Waals surface area contributed by atoms with Gasteiger partial charge >= 0.3 is 5.97 Å². The van der Waals surface area contributed by atoms with E-state index in [1.165, 1.54) is 4.90 Å². The quantitative estimate of drug-likeness (QED) is 0.277. The lowest BCUT2D eigenvalue weighted by molar-refractivity contribution is -0.122. The van der Waals surface area contributed by atoms with Crippen molar-refractivity contribution in [1.82, 2.24) is 0 Å². The van der Waals surface area contributed by atoms with Crippen molar-refractivity contribution in [1.29, 1.82) is 0 Å². The molecule has 1 heterocycles. The Hall–Kier alpha value is -3.73. The van der Waals surface area contributed by atoms with Gasteiger partial charge in [-0.15, -0.1) is 0 Å². The number of unbranched alkanes of at least 4 members (excludes halogenated alkanes) is 2. The third kappa shape index (κ3) is 3.25. The molecular weight excluding hydrogens is 438 g/mol. The second-order valence-electron chi connectivity index (χ2n) is 9.67. The number of imide groups is 1. The lowest BCUT2D eigenvalue weighted by Gasteiger charge is -2.45. The number of nitrogens with zero attached hydrogens (tertiary/aromatic N) is 1. The van der Waals surface area contributed by atoms with Crippen LogP contribution in [-0.2, 0) is 14.3 Å². The normalized spacial score (nSPS) is 23.6. The Labute approximate surface area is 204 Å². The molecule has 2 bridgehead atoms. The largest absolute Gasteiger partial charge is 0.462 e. The molecule has 0 saturated carbocycles. The molecule has 0 radical (unpaired) electrons. The van der Waals surface area contributed by atoms with E-state index in [0.29, 0.717) is 17.9 Å². The van der Waals surface area contributed by atoms with Crippen LogP contribution < -0.4 is 4.90 Å². The number of hydrogen-bond donors (Lipinski definition) is 0. The first-order chi connectivity index (χ1) is 17.1. The van der Waals surface area contributed by atoms with Gasteiger partial charge in [0.1, 0.15) is 0 Å². The molecule has 1 saturated heterocycles. The fraction of sp³-hybridized carbons (Fsp3) is 0.300. The highest BCUT2D eigenvalue weighted by Crippen LogP contribution is 2.61. The summed E-state index contributed by atoms with van der Waals surface area (Å²) in [6.07, 6.45) is 2.92. The fourth-order valence-electron chi connectivity index (χ4n) is 6.28. The molecule has 3 aromatic carbocycles. The summed E-state index contributed by atoms with van der Waals surface area (Å²) >= 11 is 0. The Morgan fingerprint density at radius 2 is 1.23 bits per heavy atom. The minimum Gasteiger partial charge on any atom is -0.462 e. The summed E-state index contributed by atoms with van der Waals surface area (Å²) in [7, 11) is 0. The molecule has 0 N–H and O–H groups in total. The number of esters is 1. The number of amides is 2. The van der Waals surface area contributed by atoms with Gasteiger partial charge in [-0.3, -0.25) is 9.59 Å². The maximum absolute atomic E-state index is 13.8. The molecule has 176 valence electrons. The zero-order chi connectivity index (χ0) is 24.1. The summed E-state index contributed by atoms with van der Waals surface area (Å²) in [5.41, 5.74) is 5.54. The Kier molecular flexibility index (Phi) is 5.28. The number of carbonyl (C=O) groups is 3. The topological polar surface area (TPSA) is 63.7 Å². The van der Waals surface area contributed by atoms with E-state index in [4.69, 9.17) is 4.74 Å². The van der Waals surface area contributed by atoms with Gasteiger partial charge in [-0.25, -0.2) is 9.69 Å². The van der Waals surface area contributed by atoms with Crippen molar-refractivity contribution in [3.63, 3.8) is 0 Å². The maximum Gasteiger partial charge on any atom is 0.338 e. The van der Waals surface area contributed by atoms with Crippen molar-refractivity contribution in [3.05, 3.63) is 101 Å². The van der Waals surface area contributed by atoms with Gasteiger partial charge in [-0.05, 0) is 52.9 Å². The molecule has 7 rings (SSSR count). The predicted molar refractivity (Wildman–Crippen MR) is 132 cm³/mol. The number of rotatable bonds is 6. The number of carbonyl (C=O) groups excluding carboxylic acids is 3. The van der Waals surface area contributed by atoms with Crippen LogP contribution in [0.5, 0.6) is 0 Å². The zero-order valence-electron chi connectivity index (χ0n) is 19.6. The van der Waals surface area contributed by atoms with Crippen molar-refractivity contribution >= 4 is 23.5 Å². The van der Waals surface area contributed by atoms with Gasteiger partial charge in [0.2, 0.25) is 11.8 Å². The van der Waals surface area contributed by atoms with Crippen molar-refractivity contribution < 1.29 is 19.1 Å². The molecule has 0 aromatic heterocycles. The molecule has 3 aromatic rings. The molecule has 0 spiro atoms. The van der Waals surface area contributed by atoms with Crippen LogP contribution in [0.4, 0.5) is 5.69 Å². The minimum atomic E-state index is -0.416. The van der Waals surface area contributed by atoms with Crippen LogP contribution >= 0.6 is 0 Å². The van der Waals surface area contributed by atoms with Gasteiger partial charge in [0.15, 0.2) is 0 Å². The predicted octanol–water partition coefficient (Wildman–Crippen LogP) is 5.43. The molecule has 5 heteroatoms. The number of anilines is 1. The molecule has 35 heavy (non-hydrogen) atoms. The smallest absolute Gasteiger partial charge is 0.338 e. The molecule has 2 amide bonds. The van der Waals surface area contributed by atoms with Crippen molar-refractivity contribution in [3.8, 4) is 0 Å². The third-order valence-corrected chi connectivity index (χ3v) is 7.79. The van der Waals surface area contributed by atoms with Crippen LogP contribution in [0.1, 0.15) is 70.6 Å². The summed E-state index contributed by atoms with van der Waals surface area (Å²) in [5, 5.41) is 0. The van der Waals surface area contributed by atoms with E-state index in [1.54, 1.807) is 24.3 Å². The van der Waals surface area contributed by atoms with Crippen molar-refractivity contribution in [2.75, 3.05) is 11.5 Å². The fourth-order valence-corrected chi connectivity index (χ4v) is 6.28. The Bertz CT molecular complexity index is 1210. The lowest BCUT2D eigenvalue weighted by Crippen LogP contribution is -2.41. The highest BCUT2D eigenvalue weighted by atomic mass is 16.5. The van der Waals surface area contributed by atoms with Gasteiger partial charge in [0, 0.05) is 11.8 Å². The van der Waals surface area contributed by atoms with Gasteiger partial charge in [-0.1, -0.05) is 68.3 Å². The first-order valence-electron chi connectivity index (χ1n) is 12.4. The summed E-state index contributed by atoms with van der Waals surface area (Å²) in [6.45, 7) is 2.49. The lowest BCUT2D eigenvalue weighted by atomic mass is 9.55. The van der Waals surface area contributed by atoms with Crippen LogP contribution in [0.3, 0.4) is 0 Å². The second kappa shape index (κ2) is 8.49. The van der Waals surface area contributed by atoms with E-state index in [-0.39, 0.29) is 29.6 Å². The number of ether oxygens (including phenoxy) is 1. The highest BCUT2D eigenvalue weighted by molar-refractivity contribution is 6.23. The van der Waals surface area contributed by atoms with Gasteiger partial charge in [0.25, 0.3) is 0 Å². The maximum atomic E-state index is 13.8. The SMILES string of the molecule is CCCCCOC(=O)c1ccc(N2C(=O)[C@H]3C4c5ccccc5C(c5ccccc54)[C@@H]3C2=O)cc1. The van der Waals surface area contributed by atoms with E-state index in [9.17, 15) is 14.4 Å². The van der Waals surface area contributed by atoms with Crippen LogP contribution in [0.25, 0.3) is 0 Å². The Morgan fingerprint density at radius 1 is 0.743 bits per heavy atom. The van der Waals surface area contributed by atoms with E-state index in [1.807, 2.05) is 24.3 Å². The van der Waals surface area contributed by atoms with Crippen LogP contribution in [0.2, 0.25) is 0 Å². The van der Waals surface area contributed by atoms with E-state index >= 15 is 0 Å². The molecule has 4 aliphatic rings. The third-order valence-electron chi connectivity index (χ3n) is 7.79. The van der Waals surface area contributed by atoms with Crippen LogP contribution in [0, 0.1) is 11.8 Å². The minimum absolute atomic E-state index is 0.128. The van der Waals surface area contributed by atoms with Crippen molar-refractivity contribution in [2.24, 2.45) is 11.8 Å². The summed E-state index contributed by atoms with van der Waals surface area (Å²) < 4.78 is 5.34. The van der Waals surface area contributed by atoms with Gasteiger partial charge in [-0.2, -0.15) is 0 Å². The second-order valence-corrected chi connectivity index (χ2v) is 9.67. The van der Waals surface area contributed by atoms with Crippen LogP contribution in [-0.4, -0.2) is 24.4 Å². The molecule has 1 fully saturated rings. The zero-order valence-corrected chi connectivity index (χ0v) is 19.6. The number of benzene rings is 3. The molecule has 2 atom stereocenters. The average molecular weight is 466 g/mol. The standard InChI is InChI=1S/C30H27NO4/c1-2-3-8-17-35-30(34)18-13-15-19(16-14-18)31-28(32)26-24-20-9-4-5-10-21(20)25(27(26)29(31)33)23-12-7-6-11-22(23)24/h4-7,9-16,24-27H,2-3,8,17H2,1H3/t24?,25?,26-,27-/m0/s1. The van der Waals surface area contributed by atoms with Gasteiger partial charge < -0.3 is 4.74 Å². The van der Waals surface area contributed by atoms with E-state index < -0.39 is 11.8 Å². The van der Waals surface area contributed by atoms with Gasteiger partial charge in [0.05, 0.1) is 29.7 Å². The van der Waals surface area contributed by atoms with Crippen molar-refractivity contribution in [2.45, 2.75) is 38.0 Å². The Balaban J connectivity index is 1.32. The molecule has 5 nitrogen and oxygen atoms in total. The first kappa shape index (κ1) is 21.8. The Morgan fingerprint density at radius 3 is 1.69 bits per heavy atom.